The van der Waals surface area contributed by atoms with E-state index in [9.17, 15) is 4.79 Å². The Morgan fingerprint density at radius 2 is 1.74 bits per heavy atom. The monoisotopic (exact) mass is 364 g/mol. The van der Waals surface area contributed by atoms with Crippen LogP contribution in [-0.2, 0) is 0 Å². The lowest BCUT2D eigenvalue weighted by atomic mass is 10.0. The maximum atomic E-state index is 12.8. The first-order chi connectivity index (χ1) is 12.9. The van der Waals surface area contributed by atoms with E-state index in [2.05, 4.69) is 33.2 Å². The number of benzene rings is 2. The van der Waals surface area contributed by atoms with Gasteiger partial charge in [-0.2, -0.15) is 4.98 Å². The van der Waals surface area contributed by atoms with E-state index in [1.807, 2.05) is 51.4 Å². The third kappa shape index (κ3) is 4.00. The van der Waals surface area contributed by atoms with Crippen molar-refractivity contribution in [2.24, 2.45) is 0 Å². The van der Waals surface area contributed by atoms with E-state index < -0.39 is 0 Å². The van der Waals surface area contributed by atoms with Crippen LogP contribution >= 0.6 is 0 Å². The standard InChI is InChI=1S/C21H24N4O2/c1-14(20-22-15(2)23-27-20)25(5)21(26)17-11-9-16(10-12-17)18-7-6-8-19(13-18)24(3)4/h6-14H,1-5H3/t14-/m1/s1. The van der Waals surface area contributed by atoms with Crippen LogP contribution < -0.4 is 4.90 Å². The average molecular weight is 364 g/mol. The van der Waals surface area contributed by atoms with Crippen LogP contribution in [-0.4, -0.2) is 42.1 Å². The molecule has 140 valence electrons. The van der Waals surface area contributed by atoms with E-state index >= 15 is 0 Å². The highest BCUT2D eigenvalue weighted by Crippen LogP contribution is 2.25. The van der Waals surface area contributed by atoms with Gasteiger partial charge in [-0.15, -0.1) is 0 Å². The first-order valence-electron chi connectivity index (χ1n) is 8.82. The Labute approximate surface area is 159 Å². The second kappa shape index (κ2) is 7.61. The summed E-state index contributed by atoms with van der Waals surface area (Å²) in [6, 6.07) is 15.6. The fourth-order valence-electron chi connectivity index (χ4n) is 2.80. The van der Waals surface area contributed by atoms with Gasteiger partial charge in [0.1, 0.15) is 6.04 Å². The Bertz CT molecular complexity index is 931. The van der Waals surface area contributed by atoms with Gasteiger partial charge in [0.2, 0.25) is 5.89 Å². The van der Waals surface area contributed by atoms with Gasteiger partial charge >= 0.3 is 0 Å². The lowest BCUT2D eigenvalue weighted by Crippen LogP contribution is -2.29. The van der Waals surface area contributed by atoms with Crippen molar-refractivity contribution in [2.75, 3.05) is 26.0 Å². The summed E-state index contributed by atoms with van der Waals surface area (Å²) in [5.74, 6) is 0.898. The lowest BCUT2D eigenvalue weighted by Gasteiger charge is -2.22. The molecule has 3 aromatic rings. The van der Waals surface area contributed by atoms with Crippen molar-refractivity contribution in [1.29, 1.82) is 0 Å². The minimum Gasteiger partial charge on any atom is -0.378 e. The van der Waals surface area contributed by atoms with Crippen LogP contribution in [0.15, 0.2) is 53.1 Å². The summed E-state index contributed by atoms with van der Waals surface area (Å²) in [6.07, 6.45) is 0. The number of aryl methyl sites for hydroxylation is 1. The summed E-state index contributed by atoms with van der Waals surface area (Å²) in [5.41, 5.74) is 3.94. The van der Waals surface area contributed by atoms with Crippen molar-refractivity contribution in [3.05, 3.63) is 65.8 Å². The topological polar surface area (TPSA) is 62.5 Å². The second-order valence-corrected chi connectivity index (χ2v) is 6.79. The molecular formula is C21H24N4O2. The van der Waals surface area contributed by atoms with Crippen LogP contribution in [0.1, 0.15) is 35.0 Å². The summed E-state index contributed by atoms with van der Waals surface area (Å²) in [7, 11) is 5.77. The zero-order chi connectivity index (χ0) is 19.6. The molecule has 1 atom stereocenters. The number of rotatable bonds is 5. The summed E-state index contributed by atoms with van der Waals surface area (Å²) < 4.78 is 5.18. The number of hydrogen-bond acceptors (Lipinski definition) is 5. The van der Waals surface area contributed by atoms with Crippen molar-refractivity contribution < 1.29 is 9.32 Å². The second-order valence-electron chi connectivity index (χ2n) is 6.79. The molecule has 0 aliphatic heterocycles. The predicted molar refractivity (Wildman–Crippen MR) is 106 cm³/mol. The first-order valence-corrected chi connectivity index (χ1v) is 8.82. The summed E-state index contributed by atoms with van der Waals surface area (Å²) in [6.45, 7) is 3.62. The zero-order valence-electron chi connectivity index (χ0n) is 16.3. The van der Waals surface area contributed by atoms with Gasteiger partial charge in [0.25, 0.3) is 5.91 Å². The van der Waals surface area contributed by atoms with Gasteiger partial charge in [0.15, 0.2) is 5.82 Å². The van der Waals surface area contributed by atoms with Crippen molar-refractivity contribution in [1.82, 2.24) is 15.0 Å². The van der Waals surface area contributed by atoms with Crippen LogP contribution in [0.25, 0.3) is 11.1 Å². The van der Waals surface area contributed by atoms with Crippen molar-refractivity contribution in [3.63, 3.8) is 0 Å². The third-order valence-corrected chi connectivity index (χ3v) is 4.63. The van der Waals surface area contributed by atoms with Crippen molar-refractivity contribution >= 4 is 11.6 Å². The van der Waals surface area contributed by atoms with E-state index in [1.165, 1.54) is 0 Å². The molecule has 0 saturated heterocycles. The molecule has 1 heterocycles. The molecule has 1 aromatic heterocycles. The highest BCUT2D eigenvalue weighted by atomic mass is 16.5. The molecule has 0 saturated carbocycles. The molecule has 6 nitrogen and oxygen atoms in total. The highest BCUT2D eigenvalue weighted by molar-refractivity contribution is 5.94. The van der Waals surface area contributed by atoms with E-state index in [1.54, 1.807) is 18.9 Å². The Kier molecular flexibility index (Phi) is 5.26. The van der Waals surface area contributed by atoms with E-state index in [0.717, 1.165) is 16.8 Å². The molecular weight excluding hydrogens is 340 g/mol. The van der Waals surface area contributed by atoms with Gasteiger partial charge < -0.3 is 14.3 Å². The zero-order valence-corrected chi connectivity index (χ0v) is 16.3. The molecule has 0 aliphatic carbocycles. The van der Waals surface area contributed by atoms with Crippen LogP contribution in [0.3, 0.4) is 0 Å². The lowest BCUT2D eigenvalue weighted by molar-refractivity contribution is 0.0716. The number of hydrogen-bond donors (Lipinski definition) is 0. The normalized spacial score (nSPS) is 11.9. The van der Waals surface area contributed by atoms with E-state index in [-0.39, 0.29) is 11.9 Å². The predicted octanol–water partition coefficient (Wildman–Crippen LogP) is 3.94. The number of carbonyl (C=O) groups is 1. The maximum absolute atomic E-state index is 12.8. The van der Waals surface area contributed by atoms with E-state index in [0.29, 0.717) is 17.3 Å². The van der Waals surface area contributed by atoms with Crippen molar-refractivity contribution in [3.8, 4) is 11.1 Å². The maximum Gasteiger partial charge on any atom is 0.254 e. The van der Waals surface area contributed by atoms with Crippen LogP contribution in [0.5, 0.6) is 0 Å². The molecule has 0 unspecified atom stereocenters. The largest absolute Gasteiger partial charge is 0.378 e. The minimum absolute atomic E-state index is 0.0908. The molecule has 0 N–H and O–H groups in total. The van der Waals surface area contributed by atoms with Crippen LogP contribution in [0.4, 0.5) is 5.69 Å². The Hall–Kier alpha value is -3.15. The molecule has 2 aromatic carbocycles. The highest BCUT2D eigenvalue weighted by Gasteiger charge is 2.23. The summed E-state index contributed by atoms with van der Waals surface area (Å²) in [4.78, 5) is 20.7. The first kappa shape index (κ1) is 18.6. The van der Waals surface area contributed by atoms with Gasteiger partial charge in [-0.05, 0) is 49.2 Å². The van der Waals surface area contributed by atoms with Crippen LogP contribution in [0, 0.1) is 6.92 Å². The van der Waals surface area contributed by atoms with Crippen LogP contribution in [0.2, 0.25) is 0 Å². The molecule has 0 radical (unpaired) electrons. The molecule has 0 fully saturated rings. The van der Waals surface area contributed by atoms with Crippen molar-refractivity contribution in [2.45, 2.75) is 19.9 Å². The summed E-state index contributed by atoms with van der Waals surface area (Å²) >= 11 is 0. The molecule has 0 bridgehead atoms. The number of carbonyl (C=O) groups excluding carboxylic acids is 1. The number of nitrogens with zero attached hydrogens (tertiary/aromatic N) is 4. The number of amides is 1. The Morgan fingerprint density at radius 1 is 1.04 bits per heavy atom. The van der Waals surface area contributed by atoms with Gasteiger partial charge in [-0.1, -0.05) is 29.4 Å². The Morgan fingerprint density at radius 3 is 2.33 bits per heavy atom. The van der Waals surface area contributed by atoms with Gasteiger partial charge in [-0.3, -0.25) is 4.79 Å². The van der Waals surface area contributed by atoms with E-state index in [4.69, 9.17) is 4.52 Å². The number of aromatic nitrogens is 2. The summed E-state index contributed by atoms with van der Waals surface area (Å²) in [5, 5.41) is 3.79. The quantitative estimate of drug-likeness (QED) is 0.686. The number of anilines is 1. The van der Waals surface area contributed by atoms with Gasteiger partial charge in [0.05, 0.1) is 0 Å². The molecule has 6 heteroatoms. The SMILES string of the molecule is Cc1noc([C@@H](C)N(C)C(=O)c2ccc(-c3cccc(N(C)C)c3)cc2)n1. The van der Waals surface area contributed by atoms with Gasteiger partial charge in [0, 0.05) is 32.4 Å². The molecule has 1 amide bonds. The molecule has 0 aliphatic rings. The van der Waals surface area contributed by atoms with Gasteiger partial charge in [-0.25, -0.2) is 0 Å². The minimum atomic E-state index is -0.296. The molecule has 0 spiro atoms. The fraction of sp³-hybridized carbons (Fsp3) is 0.286. The Balaban J connectivity index is 1.78. The molecule has 3 rings (SSSR count). The average Bonchev–Trinajstić information content (AvgIpc) is 3.12. The third-order valence-electron chi connectivity index (χ3n) is 4.63. The fourth-order valence-corrected chi connectivity index (χ4v) is 2.80. The molecule has 27 heavy (non-hydrogen) atoms. The smallest absolute Gasteiger partial charge is 0.254 e.